The summed E-state index contributed by atoms with van der Waals surface area (Å²) in [6.45, 7) is 3.95. The van der Waals surface area contributed by atoms with E-state index in [0.29, 0.717) is 37.3 Å². The lowest BCUT2D eigenvalue weighted by molar-refractivity contribution is -0.126. The number of hydrogen-bond donors (Lipinski definition) is 2. The molecule has 2 aliphatic rings. The van der Waals surface area contributed by atoms with Crippen LogP contribution in [0.5, 0.6) is 0 Å². The van der Waals surface area contributed by atoms with E-state index in [1.165, 1.54) is 4.31 Å². The highest BCUT2D eigenvalue weighted by Gasteiger charge is 2.36. The normalized spacial score (nSPS) is 19.5. The zero-order valence-electron chi connectivity index (χ0n) is 18.3. The Hall–Kier alpha value is -2.72. The number of nitrogens with zero attached hydrogens (tertiary/aromatic N) is 2. The number of aryl methyl sites for hydroxylation is 2. The summed E-state index contributed by atoms with van der Waals surface area (Å²) in [6, 6.07) is 7.38. The van der Waals surface area contributed by atoms with Crippen LogP contribution in [0.3, 0.4) is 0 Å². The zero-order valence-corrected chi connectivity index (χ0v) is 19.1. The number of sulfonamides is 1. The molecule has 10 heteroatoms. The van der Waals surface area contributed by atoms with Crippen molar-refractivity contribution in [3.05, 3.63) is 41.3 Å². The van der Waals surface area contributed by atoms with Crippen LogP contribution in [0.25, 0.3) is 0 Å². The molecule has 4 rings (SSSR count). The van der Waals surface area contributed by atoms with E-state index in [-0.39, 0.29) is 34.9 Å². The van der Waals surface area contributed by atoms with Gasteiger partial charge < -0.3 is 15.2 Å². The second-order valence-electron chi connectivity index (χ2n) is 8.54. The van der Waals surface area contributed by atoms with Crippen molar-refractivity contribution in [1.29, 1.82) is 0 Å². The number of nitrogens with one attached hydrogen (secondary N) is 2. The van der Waals surface area contributed by atoms with Crippen molar-refractivity contribution in [2.45, 2.75) is 51.0 Å². The van der Waals surface area contributed by atoms with Crippen LogP contribution in [0.2, 0.25) is 0 Å². The Balaban J connectivity index is 1.36. The second kappa shape index (κ2) is 9.03. The Morgan fingerprint density at radius 1 is 1.16 bits per heavy atom. The van der Waals surface area contributed by atoms with Crippen molar-refractivity contribution in [3.63, 3.8) is 0 Å². The summed E-state index contributed by atoms with van der Waals surface area (Å²) in [7, 11) is -3.78. The summed E-state index contributed by atoms with van der Waals surface area (Å²) in [5.41, 5.74) is 1.90. The van der Waals surface area contributed by atoms with Gasteiger partial charge in [-0.1, -0.05) is 17.3 Å². The van der Waals surface area contributed by atoms with E-state index in [9.17, 15) is 18.0 Å². The largest absolute Gasteiger partial charge is 0.360 e. The number of aromatic nitrogens is 1. The van der Waals surface area contributed by atoms with Gasteiger partial charge in [0, 0.05) is 31.2 Å². The third-order valence-corrected chi connectivity index (χ3v) is 8.04. The number of benzene rings is 1. The van der Waals surface area contributed by atoms with E-state index in [2.05, 4.69) is 15.8 Å². The van der Waals surface area contributed by atoms with Gasteiger partial charge in [-0.2, -0.15) is 4.31 Å². The van der Waals surface area contributed by atoms with E-state index in [1.807, 2.05) is 24.3 Å². The highest BCUT2D eigenvalue weighted by Crippen LogP contribution is 2.30. The molecule has 1 aliphatic carbocycles. The lowest BCUT2D eigenvalue weighted by Gasteiger charge is -2.31. The Kier molecular flexibility index (Phi) is 6.34. The van der Waals surface area contributed by atoms with Gasteiger partial charge in [0.1, 0.15) is 10.6 Å². The molecule has 2 amide bonds. The minimum absolute atomic E-state index is 0.0352. The first-order chi connectivity index (χ1) is 15.3. The number of carbonyl (C=O) groups is 2. The molecule has 1 unspecified atom stereocenters. The standard InChI is InChI=1S/C22H28N4O5S/c1-14-20(15(2)31-25-14)32(29,30)26-10-4-6-18(13-26)21(27)23-12-16-5-3-7-19(11-16)24-22(28)17-8-9-17/h3,5,7,11,17-18H,4,6,8-10,12-13H2,1-2H3,(H,23,27)(H,24,28). The van der Waals surface area contributed by atoms with Crippen molar-refractivity contribution in [2.24, 2.45) is 11.8 Å². The molecule has 2 heterocycles. The lowest BCUT2D eigenvalue weighted by atomic mass is 9.98. The van der Waals surface area contributed by atoms with Gasteiger partial charge >= 0.3 is 0 Å². The van der Waals surface area contributed by atoms with E-state index in [1.54, 1.807) is 13.8 Å². The number of amides is 2. The molecule has 1 atom stereocenters. The molecular formula is C22H28N4O5S. The van der Waals surface area contributed by atoms with Crippen molar-refractivity contribution in [1.82, 2.24) is 14.8 Å². The third kappa shape index (κ3) is 4.86. The minimum Gasteiger partial charge on any atom is -0.360 e. The summed E-state index contributed by atoms with van der Waals surface area (Å²) in [6.07, 6.45) is 3.10. The minimum atomic E-state index is -3.78. The molecule has 1 aromatic heterocycles. The quantitative estimate of drug-likeness (QED) is 0.654. The van der Waals surface area contributed by atoms with Gasteiger partial charge in [-0.15, -0.1) is 0 Å². The first-order valence-electron chi connectivity index (χ1n) is 10.9. The fraction of sp³-hybridized carbons (Fsp3) is 0.500. The summed E-state index contributed by atoms with van der Waals surface area (Å²) in [5.74, 6) is -0.210. The van der Waals surface area contributed by atoms with Gasteiger partial charge in [-0.25, -0.2) is 8.42 Å². The van der Waals surface area contributed by atoms with Crippen molar-refractivity contribution >= 4 is 27.5 Å². The summed E-state index contributed by atoms with van der Waals surface area (Å²) >= 11 is 0. The first kappa shape index (κ1) is 22.5. The Morgan fingerprint density at radius 3 is 2.62 bits per heavy atom. The van der Waals surface area contributed by atoms with Crippen LogP contribution in [-0.2, 0) is 26.2 Å². The van der Waals surface area contributed by atoms with Gasteiger partial charge in [0.2, 0.25) is 21.8 Å². The monoisotopic (exact) mass is 460 g/mol. The van der Waals surface area contributed by atoms with Gasteiger partial charge in [0.15, 0.2) is 5.76 Å². The predicted octanol–water partition coefficient (Wildman–Crippen LogP) is 2.36. The van der Waals surface area contributed by atoms with E-state index < -0.39 is 15.9 Å². The maximum atomic E-state index is 13.1. The van der Waals surface area contributed by atoms with Crippen molar-refractivity contribution in [3.8, 4) is 0 Å². The van der Waals surface area contributed by atoms with Gasteiger partial charge in [-0.3, -0.25) is 9.59 Å². The maximum absolute atomic E-state index is 13.1. The number of hydrogen-bond acceptors (Lipinski definition) is 6. The molecule has 1 saturated carbocycles. The van der Waals surface area contributed by atoms with Crippen LogP contribution in [0.4, 0.5) is 5.69 Å². The molecular weight excluding hydrogens is 432 g/mol. The summed E-state index contributed by atoms with van der Waals surface area (Å²) in [4.78, 5) is 24.8. The van der Waals surface area contributed by atoms with Crippen LogP contribution in [0, 0.1) is 25.7 Å². The lowest BCUT2D eigenvalue weighted by Crippen LogP contribution is -2.45. The topological polar surface area (TPSA) is 122 Å². The molecule has 1 aliphatic heterocycles. The molecule has 9 nitrogen and oxygen atoms in total. The van der Waals surface area contributed by atoms with E-state index in [4.69, 9.17) is 4.52 Å². The molecule has 2 aromatic rings. The summed E-state index contributed by atoms with van der Waals surface area (Å²) < 4.78 is 32.5. The average molecular weight is 461 g/mol. The molecule has 0 spiro atoms. The Bertz CT molecular complexity index is 1100. The van der Waals surface area contributed by atoms with E-state index in [0.717, 1.165) is 18.4 Å². The van der Waals surface area contributed by atoms with Crippen LogP contribution in [-0.4, -0.2) is 42.8 Å². The zero-order chi connectivity index (χ0) is 22.9. The van der Waals surface area contributed by atoms with Crippen LogP contribution in [0.15, 0.2) is 33.7 Å². The fourth-order valence-electron chi connectivity index (χ4n) is 4.03. The van der Waals surface area contributed by atoms with Crippen molar-refractivity contribution < 1.29 is 22.5 Å². The number of carbonyl (C=O) groups excluding carboxylic acids is 2. The number of anilines is 1. The smallest absolute Gasteiger partial charge is 0.248 e. The maximum Gasteiger partial charge on any atom is 0.248 e. The SMILES string of the molecule is Cc1noc(C)c1S(=O)(=O)N1CCCC(C(=O)NCc2cccc(NC(=O)C3CC3)c2)C1. The first-order valence-corrected chi connectivity index (χ1v) is 12.3. The molecule has 0 radical (unpaired) electrons. The fourth-order valence-corrected chi connectivity index (χ4v) is 5.84. The van der Waals surface area contributed by atoms with Crippen LogP contribution in [0.1, 0.15) is 42.7 Å². The molecule has 172 valence electrons. The van der Waals surface area contributed by atoms with Crippen molar-refractivity contribution in [2.75, 3.05) is 18.4 Å². The van der Waals surface area contributed by atoms with Gasteiger partial charge in [-0.05, 0) is 57.2 Å². The molecule has 0 bridgehead atoms. The third-order valence-electron chi connectivity index (χ3n) is 5.93. The second-order valence-corrected chi connectivity index (χ2v) is 10.4. The van der Waals surface area contributed by atoms with Gasteiger partial charge in [0.05, 0.1) is 5.92 Å². The van der Waals surface area contributed by atoms with Crippen LogP contribution < -0.4 is 10.6 Å². The summed E-state index contributed by atoms with van der Waals surface area (Å²) in [5, 5.41) is 9.56. The highest BCUT2D eigenvalue weighted by molar-refractivity contribution is 7.89. The molecule has 32 heavy (non-hydrogen) atoms. The molecule has 2 fully saturated rings. The predicted molar refractivity (Wildman–Crippen MR) is 117 cm³/mol. The average Bonchev–Trinajstić information content (AvgIpc) is 3.57. The van der Waals surface area contributed by atoms with Gasteiger partial charge in [0.25, 0.3) is 0 Å². The molecule has 1 aromatic carbocycles. The van der Waals surface area contributed by atoms with Crippen LogP contribution >= 0.6 is 0 Å². The Labute approximate surface area is 187 Å². The number of piperidine rings is 1. The highest BCUT2D eigenvalue weighted by atomic mass is 32.2. The van der Waals surface area contributed by atoms with E-state index >= 15 is 0 Å². The molecule has 2 N–H and O–H groups in total. The Morgan fingerprint density at radius 2 is 1.94 bits per heavy atom. The number of rotatable bonds is 7. The molecule has 1 saturated heterocycles.